The van der Waals surface area contributed by atoms with Crippen molar-refractivity contribution in [3.8, 4) is 0 Å². The SMILES string of the molecule is CCN(C)C(N)=NS(C)(=O)=O. The highest BCUT2D eigenvalue weighted by molar-refractivity contribution is 7.89. The topological polar surface area (TPSA) is 75.8 Å². The van der Waals surface area contributed by atoms with Gasteiger partial charge in [-0.3, -0.25) is 0 Å². The Kier molecular flexibility index (Phi) is 3.31. The van der Waals surface area contributed by atoms with Crippen molar-refractivity contribution in [1.82, 2.24) is 4.90 Å². The minimum Gasteiger partial charge on any atom is -0.369 e. The Balaban J connectivity index is 4.48. The lowest BCUT2D eigenvalue weighted by Crippen LogP contribution is -2.34. The van der Waals surface area contributed by atoms with E-state index in [2.05, 4.69) is 4.40 Å². The van der Waals surface area contributed by atoms with Gasteiger partial charge in [-0.25, -0.2) is 8.42 Å². The maximum Gasteiger partial charge on any atom is 0.253 e. The number of hydrogen-bond acceptors (Lipinski definition) is 2. The molecule has 0 aromatic carbocycles. The molecule has 5 nitrogen and oxygen atoms in total. The third kappa shape index (κ3) is 4.60. The zero-order valence-corrected chi connectivity index (χ0v) is 7.72. The lowest BCUT2D eigenvalue weighted by molar-refractivity contribution is 0.528. The highest BCUT2D eigenvalue weighted by atomic mass is 32.2. The highest BCUT2D eigenvalue weighted by Crippen LogP contribution is 1.87. The van der Waals surface area contributed by atoms with Gasteiger partial charge in [-0.15, -0.1) is 4.40 Å². The summed E-state index contributed by atoms with van der Waals surface area (Å²) in [5.41, 5.74) is 5.31. The molecule has 0 amide bonds. The summed E-state index contributed by atoms with van der Waals surface area (Å²) in [4.78, 5) is 1.54. The van der Waals surface area contributed by atoms with Crippen LogP contribution in [0.15, 0.2) is 4.40 Å². The van der Waals surface area contributed by atoms with Crippen LogP contribution in [0, 0.1) is 0 Å². The second kappa shape index (κ2) is 3.56. The predicted molar refractivity (Wildman–Crippen MR) is 44.8 cm³/mol. The maximum atomic E-state index is 10.6. The van der Waals surface area contributed by atoms with Crippen LogP contribution in [-0.4, -0.2) is 39.1 Å². The molecule has 6 heteroatoms. The predicted octanol–water partition coefficient (Wildman–Crippen LogP) is -0.788. The molecule has 0 unspecified atom stereocenters. The van der Waals surface area contributed by atoms with Gasteiger partial charge in [-0.05, 0) is 6.92 Å². The molecule has 0 atom stereocenters. The third-order valence-electron chi connectivity index (χ3n) is 1.12. The maximum absolute atomic E-state index is 10.6. The van der Waals surface area contributed by atoms with E-state index in [1.807, 2.05) is 6.92 Å². The third-order valence-corrected chi connectivity index (χ3v) is 1.64. The molecule has 11 heavy (non-hydrogen) atoms. The zero-order chi connectivity index (χ0) is 9.07. The summed E-state index contributed by atoms with van der Waals surface area (Å²) in [6, 6.07) is 0. The molecule has 0 heterocycles. The summed E-state index contributed by atoms with van der Waals surface area (Å²) in [7, 11) is -1.69. The summed E-state index contributed by atoms with van der Waals surface area (Å²) >= 11 is 0. The van der Waals surface area contributed by atoms with E-state index < -0.39 is 10.0 Å². The summed E-state index contributed by atoms with van der Waals surface area (Å²) in [6.45, 7) is 2.48. The van der Waals surface area contributed by atoms with Gasteiger partial charge in [0.15, 0.2) is 0 Å². The molecule has 0 rings (SSSR count). The van der Waals surface area contributed by atoms with Crippen molar-refractivity contribution in [2.24, 2.45) is 10.1 Å². The fourth-order valence-corrected chi connectivity index (χ4v) is 0.881. The molecule has 0 aliphatic carbocycles. The lowest BCUT2D eigenvalue weighted by Gasteiger charge is -2.13. The second-order valence-corrected chi connectivity index (χ2v) is 3.85. The van der Waals surface area contributed by atoms with E-state index >= 15 is 0 Å². The monoisotopic (exact) mass is 179 g/mol. The lowest BCUT2D eigenvalue weighted by atomic mass is 10.6. The van der Waals surface area contributed by atoms with Crippen molar-refractivity contribution in [3.05, 3.63) is 0 Å². The summed E-state index contributed by atoms with van der Waals surface area (Å²) in [6.07, 6.45) is 1.00. The van der Waals surface area contributed by atoms with Gasteiger partial charge in [0.25, 0.3) is 10.0 Å². The first-order chi connectivity index (χ1) is 4.87. The Labute approximate surface area is 67.0 Å². The van der Waals surface area contributed by atoms with Gasteiger partial charge in [0.2, 0.25) is 5.96 Å². The number of guanidine groups is 1. The molecule has 0 aliphatic heterocycles. The molecule has 0 radical (unpaired) electrons. The van der Waals surface area contributed by atoms with Crippen LogP contribution in [0.1, 0.15) is 6.92 Å². The minimum atomic E-state index is -3.36. The van der Waals surface area contributed by atoms with Crippen LogP contribution in [0.2, 0.25) is 0 Å². The zero-order valence-electron chi connectivity index (χ0n) is 6.90. The van der Waals surface area contributed by atoms with Gasteiger partial charge in [0.1, 0.15) is 0 Å². The summed E-state index contributed by atoms with van der Waals surface area (Å²) in [5, 5.41) is 0. The molecule has 0 aromatic heterocycles. The number of hydrogen-bond donors (Lipinski definition) is 1. The quantitative estimate of drug-likeness (QED) is 0.445. The van der Waals surface area contributed by atoms with Gasteiger partial charge in [0, 0.05) is 13.6 Å². The van der Waals surface area contributed by atoms with E-state index in [4.69, 9.17) is 5.73 Å². The van der Waals surface area contributed by atoms with Crippen LogP contribution in [0.5, 0.6) is 0 Å². The Morgan fingerprint density at radius 1 is 1.64 bits per heavy atom. The standard InChI is InChI=1S/C5H13N3O2S/c1-4-8(2)5(6)7-11(3,9)10/h4H2,1-3H3,(H2,6,7). The van der Waals surface area contributed by atoms with Crippen LogP contribution in [0.4, 0.5) is 0 Å². The van der Waals surface area contributed by atoms with E-state index in [1.165, 1.54) is 0 Å². The number of rotatable bonds is 2. The molecular weight excluding hydrogens is 166 g/mol. The Bertz CT molecular complexity index is 244. The Morgan fingerprint density at radius 2 is 2.09 bits per heavy atom. The van der Waals surface area contributed by atoms with E-state index in [-0.39, 0.29) is 5.96 Å². The smallest absolute Gasteiger partial charge is 0.253 e. The van der Waals surface area contributed by atoms with Crippen LogP contribution in [-0.2, 0) is 10.0 Å². The number of sulfonamides is 1. The number of nitrogens with zero attached hydrogens (tertiary/aromatic N) is 2. The van der Waals surface area contributed by atoms with E-state index in [9.17, 15) is 8.42 Å². The first-order valence-electron chi connectivity index (χ1n) is 3.13. The van der Waals surface area contributed by atoms with E-state index in [0.717, 1.165) is 6.26 Å². The molecule has 2 N–H and O–H groups in total. The first-order valence-corrected chi connectivity index (χ1v) is 4.98. The van der Waals surface area contributed by atoms with Crippen molar-refractivity contribution in [2.75, 3.05) is 19.8 Å². The Hall–Kier alpha value is -0.780. The molecule has 0 aliphatic rings. The van der Waals surface area contributed by atoms with Gasteiger partial charge >= 0.3 is 0 Å². The van der Waals surface area contributed by atoms with Gasteiger partial charge in [-0.2, -0.15) is 0 Å². The molecule has 0 bridgehead atoms. The van der Waals surface area contributed by atoms with Crippen molar-refractivity contribution < 1.29 is 8.42 Å². The van der Waals surface area contributed by atoms with Crippen molar-refractivity contribution in [2.45, 2.75) is 6.92 Å². The average Bonchev–Trinajstić information content (AvgIpc) is 1.82. The first kappa shape index (κ1) is 10.2. The van der Waals surface area contributed by atoms with Crippen molar-refractivity contribution in [3.63, 3.8) is 0 Å². The second-order valence-electron chi connectivity index (χ2n) is 2.20. The molecule has 0 fully saturated rings. The summed E-state index contributed by atoms with van der Waals surface area (Å²) in [5.74, 6) is 0.0231. The van der Waals surface area contributed by atoms with Crippen LogP contribution in [0.3, 0.4) is 0 Å². The van der Waals surface area contributed by atoms with Crippen LogP contribution >= 0.6 is 0 Å². The fraction of sp³-hybridized carbons (Fsp3) is 0.800. The average molecular weight is 179 g/mol. The van der Waals surface area contributed by atoms with Gasteiger partial charge < -0.3 is 10.6 Å². The normalized spacial score (nSPS) is 13.2. The summed E-state index contributed by atoms with van der Waals surface area (Å²) < 4.78 is 24.4. The van der Waals surface area contributed by atoms with Crippen molar-refractivity contribution in [1.29, 1.82) is 0 Å². The van der Waals surface area contributed by atoms with Crippen LogP contribution in [0.25, 0.3) is 0 Å². The molecule has 0 saturated carbocycles. The molecule has 0 aromatic rings. The van der Waals surface area contributed by atoms with Crippen molar-refractivity contribution >= 4 is 16.0 Å². The molecular formula is C5H13N3O2S. The highest BCUT2D eigenvalue weighted by Gasteiger charge is 2.02. The molecule has 0 spiro atoms. The van der Waals surface area contributed by atoms with Gasteiger partial charge in [0.05, 0.1) is 6.26 Å². The number of nitrogens with two attached hydrogens (primary N) is 1. The minimum absolute atomic E-state index is 0.0231. The largest absolute Gasteiger partial charge is 0.369 e. The van der Waals surface area contributed by atoms with Gasteiger partial charge in [-0.1, -0.05) is 0 Å². The Morgan fingerprint density at radius 3 is 2.36 bits per heavy atom. The fourth-order valence-electron chi connectivity index (χ4n) is 0.402. The van der Waals surface area contributed by atoms with E-state index in [1.54, 1.807) is 11.9 Å². The van der Waals surface area contributed by atoms with Crippen LogP contribution < -0.4 is 5.73 Å². The molecule has 0 saturated heterocycles. The molecule has 66 valence electrons. The van der Waals surface area contributed by atoms with E-state index in [0.29, 0.717) is 6.54 Å².